The zero-order valence-electron chi connectivity index (χ0n) is 10.7. The number of anilines is 1. The van der Waals surface area contributed by atoms with Crippen LogP contribution < -0.4 is 5.32 Å². The third-order valence-electron chi connectivity index (χ3n) is 2.44. The van der Waals surface area contributed by atoms with Gasteiger partial charge < -0.3 is 15.2 Å². The number of benzene rings is 1. The maximum Gasteiger partial charge on any atom is 0.340 e. The minimum absolute atomic E-state index is 0.144. The van der Waals surface area contributed by atoms with Gasteiger partial charge in [-0.15, -0.1) is 0 Å². The summed E-state index contributed by atoms with van der Waals surface area (Å²) in [6.07, 6.45) is 0.940. The molecule has 6 nitrogen and oxygen atoms in total. The number of carboxylic acid groups (broad SMARTS) is 1. The first-order valence-electron chi connectivity index (χ1n) is 5.75. The van der Waals surface area contributed by atoms with Crippen LogP contribution >= 0.6 is 0 Å². The summed E-state index contributed by atoms with van der Waals surface area (Å²) in [6, 6.07) is 4.20. The molecular formula is C13H15NO5. The van der Waals surface area contributed by atoms with E-state index in [0.717, 1.165) is 7.11 Å². The van der Waals surface area contributed by atoms with Crippen LogP contribution in [0, 0.1) is 0 Å². The number of hydrogen-bond acceptors (Lipinski definition) is 4. The number of methoxy groups -OCH3 is 1. The van der Waals surface area contributed by atoms with Crippen molar-refractivity contribution in [2.45, 2.75) is 19.8 Å². The van der Waals surface area contributed by atoms with E-state index >= 15 is 0 Å². The molecule has 0 radical (unpaired) electrons. The molecule has 0 aliphatic carbocycles. The average Bonchev–Trinajstić information content (AvgIpc) is 2.37. The average molecular weight is 265 g/mol. The number of ether oxygens (including phenoxy) is 1. The monoisotopic (exact) mass is 265 g/mol. The molecule has 0 heterocycles. The van der Waals surface area contributed by atoms with Gasteiger partial charge in [0.1, 0.15) is 0 Å². The zero-order chi connectivity index (χ0) is 14.4. The molecule has 6 heteroatoms. The lowest BCUT2D eigenvalue weighted by Crippen LogP contribution is -2.17. The number of hydrogen-bond donors (Lipinski definition) is 2. The number of amides is 1. The van der Waals surface area contributed by atoms with E-state index in [-0.39, 0.29) is 29.1 Å². The van der Waals surface area contributed by atoms with Crippen LogP contribution in [0.5, 0.6) is 0 Å². The van der Waals surface area contributed by atoms with Gasteiger partial charge in [-0.25, -0.2) is 9.59 Å². The van der Waals surface area contributed by atoms with Crippen molar-refractivity contribution in [2.24, 2.45) is 0 Å². The first-order chi connectivity index (χ1) is 9.01. The smallest absolute Gasteiger partial charge is 0.340 e. The van der Waals surface area contributed by atoms with E-state index in [0.29, 0.717) is 6.42 Å². The van der Waals surface area contributed by atoms with Gasteiger partial charge in [-0.2, -0.15) is 0 Å². The maximum absolute atomic E-state index is 11.7. The Morgan fingerprint density at radius 1 is 1.32 bits per heavy atom. The Kier molecular flexibility index (Phi) is 5.05. The van der Waals surface area contributed by atoms with Crippen molar-refractivity contribution < 1.29 is 24.2 Å². The van der Waals surface area contributed by atoms with E-state index < -0.39 is 11.9 Å². The van der Waals surface area contributed by atoms with Crippen LogP contribution in [-0.2, 0) is 9.53 Å². The van der Waals surface area contributed by atoms with E-state index in [9.17, 15) is 14.4 Å². The van der Waals surface area contributed by atoms with Crippen molar-refractivity contribution in [2.75, 3.05) is 12.4 Å². The third kappa shape index (κ3) is 3.54. The number of carboxylic acids is 1. The van der Waals surface area contributed by atoms with Gasteiger partial charge >= 0.3 is 11.9 Å². The molecule has 0 aliphatic rings. The first kappa shape index (κ1) is 14.7. The van der Waals surface area contributed by atoms with Crippen molar-refractivity contribution >= 4 is 23.5 Å². The molecule has 1 rings (SSSR count). The highest BCUT2D eigenvalue weighted by Gasteiger charge is 2.21. The molecule has 19 heavy (non-hydrogen) atoms. The third-order valence-corrected chi connectivity index (χ3v) is 2.44. The molecule has 1 aromatic carbocycles. The predicted octanol–water partition coefficient (Wildman–Crippen LogP) is 1.91. The fraction of sp³-hybridized carbons (Fsp3) is 0.308. The van der Waals surface area contributed by atoms with E-state index in [2.05, 4.69) is 10.1 Å². The number of carbonyl (C=O) groups is 3. The van der Waals surface area contributed by atoms with Crippen molar-refractivity contribution in [3.05, 3.63) is 29.3 Å². The van der Waals surface area contributed by atoms with E-state index in [1.165, 1.54) is 18.2 Å². The highest BCUT2D eigenvalue weighted by atomic mass is 16.5. The molecule has 0 aliphatic heterocycles. The lowest BCUT2D eigenvalue weighted by molar-refractivity contribution is -0.116. The summed E-state index contributed by atoms with van der Waals surface area (Å²) in [4.78, 5) is 34.3. The lowest BCUT2D eigenvalue weighted by Gasteiger charge is -2.11. The summed E-state index contributed by atoms with van der Waals surface area (Å²) in [6.45, 7) is 1.84. The summed E-state index contributed by atoms with van der Waals surface area (Å²) < 4.78 is 4.56. The molecule has 0 aromatic heterocycles. The number of aromatic carboxylic acids is 1. The fourth-order valence-corrected chi connectivity index (χ4v) is 1.60. The first-order valence-corrected chi connectivity index (χ1v) is 5.75. The Labute approximate surface area is 110 Å². The Balaban J connectivity index is 3.23. The number of rotatable bonds is 5. The Hall–Kier alpha value is -2.37. The van der Waals surface area contributed by atoms with Crippen molar-refractivity contribution in [3.63, 3.8) is 0 Å². The van der Waals surface area contributed by atoms with Gasteiger partial charge in [0.25, 0.3) is 0 Å². The minimum atomic E-state index is -1.26. The van der Waals surface area contributed by atoms with Gasteiger partial charge in [0.15, 0.2) is 0 Å². The van der Waals surface area contributed by atoms with Gasteiger partial charge in [-0.05, 0) is 18.6 Å². The minimum Gasteiger partial charge on any atom is -0.478 e. The Morgan fingerprint density at radius 2 is 2.00 bits per heavy atom. The zero-order valence-corrected chi connectivity index (χ0v) is 10.7. The van der Waals surface area contributed by atoms with Gasteiger partial charge in [-0.3, -0.25) is 4.79 Å². The summed E-state index contributed by atoms with van der Waals surface area (Å²) in [5.74, 6) is -2.34. The fourth-order valence-electron chi connectivity index (χ4n) is 1.60. The Bertz CT molecular complexity index is 510. The van der Waals surface area contributed by atoms with Gasteiger partial charge in [0, 0.05) is 6.42 Å². The molecule has 0 fully saturated rings. The quantitative estimate of drug-likeness (QED) is 0.793. The predicted molar refractivity (Wildman–Crippen MR) is 68.3 cm³/mol. The summed E-state index contributed by atoms with van der Waals surface area (Å²) in [5.41, 5.74) is -0.215. The molecule has 0 saturated carbocycles. The van der Waals surface area contributed by atoms with Crippen LogP contribution in [0.25, 0.3) is 0 Å². The molecule has 1 aromatic rings. The summed E-state index contributed by atoms with van der Waals surface area (Å²) >= 11 is 0. The van der Waals surface area contributed by atoms with Gasteiger partial charge in [0.05, 0.1) is 23.9 Å². The van der Waals surface area contributed by atoms with E-state index in [1.807, 2.05) is 6.92 Å². The molecule has 0 unspecified atom stereocenters. The van der Waals surface area contributed by atoms with E-state index in [4.69, 9.17) is 5.11 Å². The van der Waals surface area contributed by atoms with Crippen molar-refractivity contribution in [1.29, 1.82) is 0 Å². The van der Waals surface area contributed by atoms with Crippen molar-refractivity contribution in [1.82, 2.24) is 0 Å². The van der Waals surface area contributed by atoms with Crippen LogP contribution in [0.2, 0.25) is 0 Å². The van der Waals surface area contributed by atoms with Crippen LogP contribution in [0.1, 0.15) is 40.5 Å². The number of nitrogens with one attached hydrogen (secondary N) is 1. The molecule has 0 spiro atoms. The van der Waals surface area contributed by atoms with E-state index in [1.54, 1.807) is 0 Å². The number of esters is 1. The lowest BCUT2D eigenvalue weighted by atomic mass is 10.1. The second-order valence-corrected chi connectivity index (χ2v) is 3.82. The van der Waals surface area contributed by atoms with Crippen LogP contribution in [0.3, 0.4) is 0 Å². The molecule has 0 saturated heterocycles. The second kappa shape index (κ2) is 6.53. The molecule has 1 amide bonds. The molecule has 0 atom stereocenters. The van der Waals surface area contributed by atoms with Crippen LogP contribution in [-0.4, -0.2) is 30.1 Å². The molecule has 102 valence electrons. The topological polar surface area (TPSA) is 92.7 Å². The SMILES string of the molecule is CCCC(=O)Nc1cccc(C(=O)O)c1C(=O)OC. The second-order valence-electron chi connectivity index (χ2n) is 3.82. The van der Waals surface area contributed by atoms with Gasteiger partial charge in [-0.1, -0.05) is 13.0 Å². The number of carbonyl (C=O) groups excluding carboxylic acids is 2. The normalized spacial score (nSPS) is 9.79. The highest BCUT2D eigenvalue weighted by molar-refractivity contribution is 6.08. The van der Waals surface area contributed by atoms with Crippen molar-refractivity contribution in [3.8, 4) is 0 Å². The maximum atomic E-state index is 11.7. The molecular weight excluding hydrogens is 250 g/mol. The Morgan fingerprint density at radius 3 is 2.53 bits per heavy atom. The molecule has 2 N–H and O–H groups in total. The highest BCUT2D eigenvalue weighted by Crippen LogP contribution is 2.21. The largest absolute Gasteiger partial charge is 0.478 e. The standard InChI is InChI=1S/C13H15NO5/c1-3-5-10(15)14-9-7-4-6-8(12(16)17)11(9)13(18)19-2/h4,6-7H,3,5H2,1-2H3,(H,14,15)(H,16,17). The summed E-state index contributed by atoms with van der Waals surface area (Å²) in [5, 5.41) is 11.6. The summed E-state index contributed by atoms with van der Waals surface area (Å²) in [7, 11) is 1.15. The van der Waals surface area contributed by atoms with Crippen LogP contribution in [0.4, 0.5) is 5.69 Å². The molecule has 0 bridgehead atoms. The van der Waals surface area contributed by atoms with Gasteiger partial charge in [0.2, 0.25) is 5.91 Å². The van der Waals surface area contributed by atoms with Crippen LogP contribution in [0.15, 0.2) is 18.2 Å².